The zero-order chi connectivity index (χ0) is 21.0. The molecule has 1 N–H and O–H groups in total. The molecule has 1 aromatic heterocycles. The summed E-state index contributed by atoms with van der Waals surface area (Å²) in [7, 11) is 1.70. The lowest BCUT2D eigenvalue weighted by molar-refractivity contribution is -0.123. The summed E-state index contributed by atoms with van der Waals surface area (Å²) in [6.45, 7) is 5.54. The first-order chi connectivity index (χ1) is 14.6. The molecule has 1 saturated carbocycles. The van der Waals surface area contributed by atoms with Gasteiger partial charge in [0.15, 0.2) is 0 Å². The fraction of sp³-hybridized carbons (Fsp3) is 0.440. The van der Waals surface area contributed by atoms with Gasteiger partial charge in [-0.25, -0.2) is 0 Å². The lowest BCUT2D eigenvalue weighted by Crippen LogP contribution is -2.37. The van der Waals surface area contributed by atoms with Gasteiger partial charge in [0.2, 0.25) is 5.91 Å². The molecule has 5 nitrogen and oxygen atoms in total. The smallest absolute Gasteiger partial charge is 0.224 e. The molecule has 1 aliphatic heterocycles. The summed E-state index contributed by atoms with van der Waals surface area (Å²) in [5, 5.41) is 3.10. The second kappa shape index (κ2) is 9.00. The Morgan fingerprint density at radius 1 is 1.23 bits per heavy atom. The Kier molecular flexibility index (Phi) is 6.18. The molecule has 30 heavy (non-hydrogen) atoms. The number of pyridine rings is 1. The predicted molar refractivity (Wildman–Crippen MR) is 119 cm³/mol. The number of amides is 1. The first kappa shape index (κ1) is 20.6. The van der Waals surface area contributed by atoms with Crippen molar-refractivity contribution in [3.63, 3.8) is 0 Å². The lowest BCUT2D eigenvalue weighted by atomic mass is 9.90. The number of aryl methyl sites for hydroxylation is 1. The molecule has 1 atom stereocenters. The Hall–Kier alpha value is -2.66. The Balaban J connectivity index is 1.22. The molecule has 2 aromatic rings. The Morgan fingerprint density at radius 3 is 2.80 bits per heavy atom. The number of hydrogen-bond acceptors (Lipinski definition) is 4. The number of carbonyl (C=O) groups excluding carboxylic acids is 1. The number of carbonyl (C=O) groups is 1. The number of para-hydroxylation sites is 1. The number of aromatic nitrogens is 1. The van der Waals surface area contributed by atoms with Crippen molar-refractivity contribution in [3.05, 3.63) is 65.5 Å². The maximum Gasteiger partial charge on any atom is 0.224 e. The van der Waals surface area contributed by atoms with Gasteiger partial charge in [0.25, 0.3) is 0 Å². The summed E-state index contributed by atoms with van der Waals surface area (Å²) in [6, 6.07) is 14.0. The molecule has 2 heterocycles. The average molecular weight is 406 g/mol. The van der Waals surface area contributed by atoms with E-state index in [9.17, 15) is 4.79 Å². The monoisotopic (exact) mass is 405 g/mol. The Morgan fingerprint density at radius 2 is 2.03 bits per heavy atom. The maximum absolute atomic E-state index is 12.6. The molecule has 4 rings (SSSR count). The fourth-order valence-electron chi connectivity index (χ4n) is 4.58. The predicted octanol–water partition coefficient (Wildman–Crippen LogP) is 3.83. The van der Waals surface area contributed by atoms with Crippen LogP contribution < -0.4 is 10.1 Å². The van der Waals surface area contributed by atoms with Gasteiger partial charge in [-0.15, -0.1) is 0 Å². The van der Waals surface area contributed by atoms with E-state index in [1.165, 1.54) is 0 Å². The minimum Gasteiger partial charge on any atom is -0.496 e. The van der Waals surface area contributed by atoms with Gasteiger partial charge in [-0.2, -0.15) is 0 Å². The van der Waals surface area contributed by atoms with Crippen LogP contribution in [0.5, 0.6) is 5.75 Å². The molecular weight excluding hydrogens is 374 g/mol. The van der Waals surface area contributed by atoms with Crippen LogP contribution in [0.3, 0.4) is 0 Å². The molecule has 1 saturated heterocycles. The number of piperidine rings is 1. The summed E-state index contributed by atoms with van der Waals surface area (Å²) >= 11 is 0. The molecule has 5 heteroatoms. The van der Waals surface area contributed by atoms with E-state index in [1.807, 2.05) is 43.3 Å². The van der Waals surface area contributed by atoms with E-state index in [1.54, 1.807) is 7.11 Å². The summed E-state index contributed by atoms with van der Waals surface area (Å²) in [6.07, 6.45) is 7.59. The zero-order valence-corrected chi connectivity index (χ0v) is 17.9. The third-order valence-corrected chi connectivity index (χ3v) is 6.55. The van der Waals surface area contributed by atoms with Crippen LogP contribution in [-0.4, -0.2) is 42.5 Å². The van der Waals surface area contributed by atoms with Gasteiger partial charge in [0.1, 0.15) is 5.75 Å². The highest BCUT2D eigenvalue weighted by atomic mass is 16.5. The number of hydrogen-bond donors (Lipinski definition) is 1. The maximum atomic E-state index is 12.6. The number of likely N-dealkylation sites (tertiary alicyclic amines) is 1. The topological polar surface area (TPSA) is 54.5 Å². The van der Waals surface area contributed by atoms with Crippen molar-refractivity contribution in [2.75, 3.05) is 26.7 Å². The Bertz CT molecular complexity index is 916. The third-order valence-electron chi connectivity index (χ3n) is 6.55. The van der Waals surface area contributed by atoms with Crippen molar-refractivity contribution in [3.8, 4) is 5.75 Å². The first-order valence-electron chi connectivity index (χ1n) is 10.8. The number of methoxy groups -OCH3 is 1. The Labute approximate surface area is 179 Å². The molecule has 2 aliphatic rings. The average Bonchev–Trinajstić information content (AvgIpc) is 3.47. The number of ether oxygens (including phenoxy) is 1. The van der Waals surface area contributed by atoms with Crippen LogP contribution >= 0.6 is 0 Å². The van der Waals surface area contributed by atoms with Gasteiger partial charge in [-0.05, 0) is 62.9 Å². The summed E-state index contributed by atoms with van der Waals surface area (Å²) < 4.78 is 5.40. The van der Waals surface area contributed by atoms with E-state index in [-0.39, 0.29) is 17.2 Å². The van der Waals surface area contributed by atoms with E-state index in [0.29, 0.717) is 6.54 Å². The van der Waals surface area contributed by atoms with E-state index in [2.05, 4.69) is 33.4 Å². The van der Waals surface area contributed by atoms with Crippen LogP contribution in [-0.2, 0) is 11.3 Å². The largest absolute Gasteiger partial charge is 0.496 e. The molecule has 0 unspecified atom stereocenters. The molecule has 0 bridgehead atoms. The van der Waals surface area contributed by atoms with Crippen LogP contribution in [0.2, 0.25) is 0 Å². The summed E-state index contributed by atoms with van der Waals surface area (Å²) in [5.74, 6) is 1.27. The fourth-order valence-corrected chi connectivity index (χ4v) is 4.58. The van der Waals surface area contributed by atoms with E-state index < -0.39 is 0 Å². The van der Waals surface area contributed by atoms with Crippen molar-refractivity contribution >= 4 is 12.0 Å². The summed E-state index contributed by atoms with van der Waals surface area (Å²) in [4.78, 5) is 19.6. The van der Waals surface area contributed by atoms with Crippen molar-refractivity contribution in [2.24, 2.45) is 11.3 Å². The van der Waals surface area contributed by atoms with Crippen molar-refractivity contribution < 1.29 is 9.53 Å². The van der Waals surface area contributed by atoms with Gasteiger partial charge < -0.3 is 10.1 Å². The van der Waals surface area contributed by atoms with E-state index >= 15 is 0 Å². The SMILES string of the molecule is COc1ccccc1/C=C/CN1CCC2(CC1)C[C@H]2C(=O)NCc1cccc(C)n1. The highest BCUT2D eigenvalue weighted by Gasteiger charge is 2.58. The van der Waals surface area contributed by atoms with Gasteiger partial charge in [-0.1, -0.05) is 36.4 Å². The quantitative estimate of drug-likeness (QED) is 0.761. The second-order valence-corrected chi connectivity index (χ2v) is 8.55. The minimum absolute atomic E-state index is 0.175. The van der Waals surface area contributed by atoms with Crippen LogP contribution in [0.1, 0.15) is 36.2 Å². The molecule has 1 amide bonds. The van der Waals surface area contributed by atoms with Crippen molar-refractivity contribution in [1.82, 2.24) is 15.2 Å². The molecule has 0 radical (unpaired) electrons. The standard InChI is InChI=1S/C25H31N3O2/c1-19-7-5-10-21(27-19)18-26-24(29)22-17-25(22)12-15-28(16-13-25)14-6-9-20-8-3-4-11-23(20)30-2/h3-11,22H,12-18H2,1-2H3,(H,26,29)/b9-6+/t22-/m0/s1. The van der Waals surface area contributed by atoms with Crippen LogP contribution in [0.4, 0.5) is 0 Å². The van der Waals surface area contributed by atoms with E-state index in [0.717, 1.165) is 61.6 Å². The van der Waals surface area contributed by atoms with Crippen LogP contribution in [0.25, 0.3) is 6.08 Å². The van der Waals surface area contributed by atoms with Crippen molar-refractivity contribution in [2.45, 2.75) is 32.7 Å². The second-order valence-electron chi connectivity index (χ2n) is 8.55. The number of benzene rings is 1. The zero-order valence-electron chi connectivity index (χ0n) is 17.9. The molecular formula is C25H31N3O2. The molecule has 1 aliphatic carbocycles. The highest BCUT2D eigenvalue weighted by molar-refractivity contribution is 5.82. The number of rotatable bonds is 7. The number of nitrogens with one attached hydrogen (secondary N) is 1. The van der Waals surface area contributed by atoms with Crippen LogP contribution in [0.15, 0.2) is 48.5 Å². The lowest BCUT2D eigenvalue weighted by Gasteiger charge is -2.32. The van der Waals surface area contributed by atoms with Gasteiger partial charge in [-0.3, -0.25) is 14.7 Å². The van der Waals surface area contributed by atoms with Crippen LogP contribution in [0, 0.1) is 18.3 Å². The normalized spacial score (nSPS) is 20.4. The molecule has 158 valence electrons. The van der Waals surface area contributed by atoms with Gasteiger partial charge >= 0.3 is 0 Å². The summed E-state index contributed by atoms with van der Waals surface area (Å²) in [5.41, 5.74) is 3.24. The first-order valence-corrected chi connectivity index (χ1v) is 10.8. The highest BCUT2D eigenvalue weighted by Crippen LogP contribution is 2.59. The minimum atomic E-state index is 0.175. The third kappa shape index (κ3) is 4.73. The van der Waals surface area contributed by atoms with E-state index in [4.69, 9.17) is 4.74 Å². The molecule has 1 aromatic carbocycles. The molecule has 1 spiro atoms. The van der Waals surface area contributed by atoms with Gasteiger partial charge in [0, 0.05) is 23.7 Å². The number of nitrogens with zero attached hydrogens (tertiary/aromatic N) is 2. The van der Waals surface area contributed by atoms with Gasteiger partial charge in [0.05, 0.1) is 19.3 Å². The molecule has 2 fully saturated rings. The van der Waals surface area contributed by atoms with Crippen molar-refractivity contribution in [1.29, 1.82) is 0 Å².